The molecule has 0 radical (unpaired) electrons. The van der Waals surface area contributed by atoms with Crippen molar-refractivity contribution in [2.45, 2.75) is 12.8 Å². The van der Waals surface area contributed by atoms with Crippen LogP contribution in [0.5, 0.6) is 0 Å². The van der Waals surface area contributed by atoms with E-state index < -0.39 is 5.24 Å². The van der Waals surface area contributed by atoms with E-state index in [2.05, 4.69) is 4.74 Å². The molecule has 0 unspecified atom stereocenters. The molecule has 11 heavy (non-hydrogen) atoms. The molecular formula is C7H9ClO3. The van der Waals surface area contributed by atoms with Crippen molar-refractivity contribution in [2.75, 3.05) is 7.11 Å². The molecule has 0 bridgehead atoms. The minimum Gasteiger partial charge on any atom is -0.469 e. The van der Waals surface area contributed by atoms with Crippen LogP contribution in [0, 0.1) is 0 Å². The molecule has 0 N–H and O–H groups in total. The van der Waals surface area contributed by atoms with Gasteiger partial charge in [-0.15, -0.1) is 0 Å². The van der Waals surface area contributed by atoms with E-state index in [9.17, 15) is 9.59 Å². The second-order valence-corrected chi connectivity index (χ2v) is 2.23. The first-order valence-electron chi connectivity index (χ1n) is 3.07. The summed E-state index contributed by atoms with van der Waals surface area (Å²) in [5, 5.41) is -0.439. The zero-order chi connectivity index (χ0) is 8.69. The largest absolute Gasteiger partial charge is 0.469 e. The van der Waals surface area contributed by atoms with Gasteiger partial charge < -0.3 is 4.74 Å². The predicted octanol–water partition coefficient (Wildman–Crippen LogP) is 1.26. The van der Waals surface area contributed by atoms with Crippen LogP contribution in [0.2, 0.25) is 0 Å². The quantitative estimate of drug-likeness (QED) is 0.368. The van der Waals surface area contributed by atoms with Gasteiger partial charge in [0.2, 0.25) is 5.24 Å². The van der Waals surface area contributed by atoms with E-state index in [0.29, 0.717) is 0 Å². The first-order valence-corrected chi connectivity index (χ1v) is 3.44. The van der Waals surface area contributed by atoms with Gasteiger partial charge in [0, 0.05) is 6.42 Å². The molecule has 0 amide bonds. The number of allylic oxidation sites excluding steroid dienone is 1. The first-order chi connectivity index (χ1) is 5.16. The number of hydrogen-bond acceptors (Lipinski definition) is 3. The molecule has 0 aromatic rings. The van der Waals surface area contributed by atoms with E-state index in [4.69, 9.17) is 11.6 Å². The summed E-state index contributed by atoms with van der Waals surface area (Å²) in [6, 6.07) is 0. The van der Waals surface area contributed by atoms with Gasteiger partial charge >= 0.3 is 5.97 Å². The molecule has 0 saturated carbocycles. The number of hydrogen-bond donors (Lipinski definition) is 0. The number of methoxy groups -OCH3 is 1. The van der Waals surface area contributed by atoms with Crippen molar-refractivity contribution in [3.05, 3.63) is 12.2 Å². The Morgan fingerprint density at radius 3 is 2.36 bits per heavy atom. The van der Waals surface area contributed by atoms with E-state index in [1.54, 1.807) is 6.08 Å². The van der Waals surface area contributed by atoms with Crippen molar-refractivity contribution in [3.8, 4) is 0 Å². The molecular weight excluding hydrogens is 168 g/mol. The minimum absolute atomic E-state index is 0.151. The Bertz CT molecular complexity index is 175. The van der Waals surface area contributed by atoms with Crippen LogP contribution in [0.25, 0.3) is 0 Å². The van der Waals surface area contributed by atoms with Gasteiger partial charge in [0.05, 0.1) is 13.5 Å². The highest BCUT2D eigenvalue weighted by Crippen LogP contribution is 1.93. The van der Waals surface area contributed by atoms with Crippen molar-refractivity contribution >= 4 is 22.8 Å². The van der Waals surface area contributed by atoms with Crippen LogP contribution in [-0.2, 0) is 14.3 Å². The van der Waals surface area contributed by atoms with Gasteiger partial charge in [0.25, 0.3) is 0 Å². The monoisotopic (exact) mass is 176 g/mol. The highest BCUT2D eigenvalue weighted by molar-refractivity contribution is 6.63. The Morgan fingerprint density at radius 2 is 1.91 bits per heavy atom. The maximum atomic E-state index is 10.5. The molecule has 0 saturated heterocycles. The number of carbonyl (C=O) groups is 2. The van der Waals surface area contributed by atoms with Crippen LogP contribution < -0.4 is 0 Å². The number of halogens is 1. The van der Waals surface area contributed by atoms with E-state index >= 15 is 0 Å². The van der Waals surface area contributed by atoms with Gasteiger partial charge in [-0.1, -0.05) is 12.2 Å². The molecule has 0 aromatic carbocycles. The van der Waals surface area contributed by atoms with Crippen molar-refractivity contribution in [1.29, 1.82) is 0 Å². The average molecular weight is 177 g/mol. The van der Waals surface area contributed by atoms with E-state index in [0.717, 1.165) is 0 Å². The zero-order valence-electron chi connectivity index (χ0n) is 6.17. The molecule has 0 heterocycles. The molecule has 0 rings (SSSR count). The predicted molar refractivity (Wildman–Crippen MR) is 41.3 cm³/mol. The van der Waals surface area contributed by atoms with Gasteiger partial charge in [-0.05, 0) is 11.6 Å². The summed E-state index contributed by atoms with van der Waals surface area (Å²) in [7, 11) is 1.31. The van der Waals surface area contributed by atoms with Crippen molar-refractivity contribution in [2.24, 2.45) is 0 Å². The Balaban J connectivity index is 3.44. The van der Waals surface area contributed by atoms with Gasteiger partial charge in [-0.3, -0.25) is 9.59 Å². The lowest BCUT2D eigenvalue weighted by molar-refractivity contribution is -0.139. The maximum Gasteiger partial charge on any atom is 0.309 e. The fourth-order valence-corrected chi connectivity index (χ4v) is 0.528. The van der Waals surface area contributed by atoms with Gasteiger partial charge in [0.15, 0.2) is 0 Å². The second kappa shape index (κ2) is 5.92. The van der Waals surface area contributed by atoms with E-state index in [1.165, 1.54) is 13.2 Å². The summed E-state index contributed by atoms with van der Waals surface area (Å²) in [5.41, 5.74) is 0. The molecule has 0 spiro atoms. The first kappa shape index (κ1) is 10.2. The lowest BCUT2D eigenvalue weighted by Crippen LogP contribution is -1.96. The van der Waals surface area contributed by atoms with Crippen LogP contribution in [0.4, 0.5) is 0 Å². The Kier molecular flexibility index (Phi) is 5.47. The number of rotatable bonds is 4. The molecule has 0 fully saturated rings. The van der Waals surface area contributed by atoms with Crippen molar-refractivity contribution in [1.82, 2.24) is 0 Å². The summed E-state index contributed by atoms with van der Waals surface area (Å²) in [6.07, 6.45) is 3.41. The molecule has 62 valence electrons. The van der Waals surface area contributed by atoms with Crippen LogP contribution in [-0.4, -0.2) is 18.3 Å². The van der Waals surface area contributed by atoms with E-state index in [1.807, 2.05) is 0 Å². The number of ether oxygens (including phenoxy) is 1. The average Bonchev–Trinajstić information content (AvgIpc) is 1.97. The molecule has 4 heteroatoms. The summed E-state index contributed by atoms with van der Waals surface area (Å²) < 4.78 is 4.35. The van der Waals surface area contributed by atoms with Crippen LogP contribution in [0.3, 0.4) is 0 Å². The minimum atomic E-state index is -0.439. The molecule has 0 aliphatic carbocycles. The summed E-state index contributed by atoms with van der Waals surface area (Å²) in [4.78, 5) is 20.6. The molecule has 0 atom stereocenters. The standard InChI is InChI=1S/C7H9ClO3/c1-11-7(10)5-3-2-4-6(8)9/h2-3H,4-5H2,1H3/b3-2+. The topological polar surface area (TPSA) is 43.4 Å². The normalized spacial score (nSPS) is 10.0. The van der Waals surface area contributed by atoms with Crippen LogP contribution in [0.15, 0.2) is 12.2 Å². The second-order valence-electron chi connectivity index (χ2n) is 1.81. The maximum absolute atomic E-state index is 10.5. The third-order valence-electron chi connectivity index (χ3n) is 0.957. The zero-order valence-corrected chi connectivity index (χ0v) is 6.93. The van der Waals surface area contributed by atoms with Crippen molar-refractivity contribution < 1.29 is 14.3 Å². The fraction of sp³-hybridized carbons (Fsp3) is 0.429. The summed E-state index contributed by atoms with van der Waals surface area (Å²) >= 11 is 5.02. The van der Waals surface area contributed by atoms with Crippen molar-refractivity contribution in [3.63, 3.8) is 0 Å². The molecule has 0 aromatic heterocycles. The van der Waals surface area contributed by atoms with Gasteiger partial charge in [0.1, 0.15) is 0 Å². The lowest BCUT2D eigenvalue weighted by Gasteiger charge is -1.90. The Hall–Kier alpha value is -0.830. The summed E-state index contributed by atoms with van der Waals surface area (Å²) in [6.45, 7) is 0. The molecule has 3 nitrogen and oxygen atoms in total. The number of carbonyl (C=O) groups excluding carboxylic acids is 2. The van der Waals surface area contributed by atoms with Gasteiger partial charge in [-0.25, -0.2) is 0 Å². The summed E-state index contributed by atoms with van der Waals surface area (Å²) in [5.74, 6) is -0.330. The van der Waals surface area contributed by atoms with Crippen LogP contribution >= 0.6 is 11.6 Å². The Labute approximate surface area is 70.0 Å². The highest BCUT2D eigenvalue weighted by atomic mass is 35.5. The highest BCUT2D eigenvalue weighted by Gasteiger charge is 1.94. The smallest absolute Gasteiger partial charge is 0.309 e. The van der Waals surface area contributed by atoms with Gasteiger partial charge in [-0.2, -0.15) is 0 Å². The van der Waals surface area contributed by atoms with E-state index in [-0.39, 0.29) is 18.8 Å². The third kappa shape index (κ3) is 7.06. The van der Waals surface area contributed by atoms with Crippen LogP contribution in [0.1, 0.15) is 12.8 Å². The molecule has 0 aliphatic rings. The third-order valence-corrected chi connectivity index (χ3v) is 1.11. The SMILES string of the molecule is COC(=O)C/C=C/CC(=O)Cl. The number of esters is 1. The molecule has 0 aliphatic heterocycles. The lowest BCUT2D eigenvalue weighted by atomic mass is 10.3. The fourth-order valence-electron chi connectivity index (χ4n) is 0.439. The Morgan fingerprint density at radius 1 is 1.36 bits per heavy atom.